The molecule has 0 bridgehead atoms. The molecule has 0 aromatic heterocycles. The average Bonchev–Trinajstić information content (AvgIpc) is 2.36. The molecule has 0 spiro atoms. The second-order valence-corrected chi connectivity index (χ2v) is 5.44. The fraction of sp³-hybridized carbons (Fsp3) is 0.462. The molecule has 3 nitrogen and oxygen atoms in total. The monoisotopic (exact) mass is 293 g/mol. The number of nitrogens with one attached hydrogen (secondary N) is 1. The number of benzene rings is 1. The van der Waals surface area contributed by atoms with Gasteiger partial charge in [0, 0.05) is 6.54 Å². The van der Waals surface area contributed by atoms with Gasteiger partial charge in [0.05, 0.1) is 11.7 Å². The van der Waals surface area contributed by atoms with E-state index in [1.54, 1.807) is 20.8 Å². The van der Waals surface area contributed by atoms with Crippen molar-refractivity contribution in [1.29, 1.82) is 0 Å². The van der Waals surface area contributed by atoms with E-state index in [1.807, 2.05) is 0 Å². The molecule has 1 rings (SSSR count). The molecule has 0 fully saturated rings. The van der Waals surface area contributed by atoms with Crippen LogP contribution in [-0.4, -0.2) is 23.7 Å². The molecule has 0 heterocycles. The summed E-state index contributed by atoms with van der Waals surface area (Å²) < 4.78 is 52.0. The maximum Gasteiger partial charge on any atom is 0.254 e. The van der Waals surface area contributed by atoms with Crippen molar-refractivity contribution in [3.63, 3.8) is 0 Å². The van der Waals surface area contributed by atoms with E-state index in [0.717, 1.165) is 0 Å². The zero-order chi connectivity index (χ0) is 15.7. The van der Waals surface area contributed by atoms with Crippen molar-refractivity contribution in [2.45, 2.75) is 26.9 Å². The molecular formula is C13H15F4NO2. The molecule has 1 aromatic carbocycles. The molecule has 7 heteroatoms. The fourth-order valence-electron chi connectivity index (χ4n) is 1.33. The Hall–Kier alpha value is -1.63. The number of carbonyl (C=O) groups is 1. The summed E-state index contributed by atoms with van der Waals surface area (Å²) in [4.78, 5) is 11.6. The van der Waals surface area contributed by atoms with Crippen LogP contribution in [0.1, 0.15) is 31.1 Å². The Morgan fingerprint density at radius 3 is 2.25 bits per heavy atom. The molecule has 2 N–H and O–H groups in total. The van der Waals surface area contributed by atoms with Gasteiger partial charge >= 0.3 is 0 Å². The number of hydrogen-bond donors (Lipinski definition) is 2. The van der Waals surface area contributed by atoms with Gasteiger partial charge in [0.2, 0.25) is 0 Å². The molecule has 0 aliphatic carbocycles. The van der Waals surface area contributed by atoms with Gasteiger partial charge in [-0.05, 0) is 11.5 Å². The van der Waals surface area contributed by atoms with Crippen LogP contribution in [0.3, 0.4) is 0 Å². The largest absolute Gasteiger partial charge is 0.391 e. The van der Waals surface area contributed by atoms with Gasteiger partial charge in [-0.15, -0.1) is 0 Å². The van der Waals surface area contributed by atoms with Gasteiger partial charge in [-0.1, -0.05) is 20.8 Å². The minimum atomic E-state index is -2.05. The lowest BCUT2D eigenvalue weighted by atomic mass is 9.89. The number of aliphatic hydroxyl groups excluding tert-OH is 1. The summed E-state index contributed by atoms with van der Waals surface area (Å²) in [7, 11) is 0. The summed E-state index contributed by atoms with van der Waals surface area (Å²) >= 11 is 0. The van der Waals surface area contributed by atoms with E-state index in [9.17, 15) is 27.5 Å². The summed E-state index contributed by atoms with van der Waals surface area (Å²) in [6.45, 7) is 4.90. The predicted octanol–water partition coefficient (Wildman–Crippen LogP) is 2.38. The van der Waals surface area contributed by atoms with Gasteiger partial charge in [0.15, 0.2) is 23.3 Å². The van der Waals surface area contributed by atoms with E-state index in [2.05, 4.69) is 5.32 Å². The number of carbonyl (C=O) groups excluding carboxylic acids is 1. The summed E-state index contributed by atoms with van der Waals surface area (Å²) in [6, 6.07) is 0.270. The first-order valence-electron chi connectivity index (χ1n) is 5.85. The van der Waals surface area contributed by atoms with E-state index >= 15 is 0 Å². The maximum atomic E-state index is 13.3. The molecule has 0 aliphatic heterocycles. The first-order chi connectivity index (χ1) is 9.05. The van der Waals surface area contributed by atoms with Crippen LogP contribution in [-0.2, 0) is 0 Å². The van der Waals surface area contributed by atoms with E-state index < -0.39 is 46.3 Å². The third-order valence-electron chi connectivity index (χ3n) is 2.80. The Balaban J connectivity index is 2.90. The lowest BCUT2D eigenvalue weighted by Crippen LogP contribution is -2.39. The summed E-state index contributed by atoms with van der Waals surface area (Å²) in [5, 5.41) is 11.8. The number of halogens is 4. The predicted molar refractivity (Wildman–Crippen MR) is 64.1 cm³/mol. The van der Waals surface area contributed by atoms with Crippen LogP contribution in [0.5, 0.6) is 0 Å². The van der Waals surface area contributed by atoms with Crippen LogP contribution in [0.2, 0.25) is 0 Å². The highest BCUT2D eigenvalue weighted by molar-refractivity contribution is 5.94. The molecule has 1 atom stereocenters. The Morgan fingerprint density at radius 1 is 1.20 bits per heavy atom. The normalized spacial score (nSPS) is 13.2. The lowest BCUT2D eigenvalue weighted by molar-refractivity contribution is 0.0585. The molecule has 0 saturated carbocycles. The number of aliphatic hydroxyl groups is 1. The molecule has 1 aromatic rings. The summed E-state index contributed by atoms with van der Waals surface area (Å²) in [6.07, 6.45) is -0.940. The van der Waals surface area contributed by atoms with Crippen molar-refractivity contribution in [3.05, 3.63) is 34.9 Å². The van der Waals surface area contributed by atoms with Crippen LogP contribution < -0.4 is 5.32 Å². The highest BCUT2D eigenvalue weighted by atomic mass is 19.2. The Bertz CT molecular complexity index is 526. The first kappa shape index (κ1) is 16.4. The van der Waals surface area contributed by atoms with Crippen LogP contribution in [0, 0.1) is 28.7 Å². The summed E-state index contributed by atoms with van der Waals surface area (Å²) in [5.74, 6) is -8.60. The highest BCUT2D eigenvalue weighted by Crippen LogP contribution is 2.20. The van der Waals surface area contributed by atoms with Crippen molar-refractivity contribution >= 4 is 5.91 Å². The molecule has 1 unspecified atom stereocenters. The van der Waals surface area contributed by atoms with Gasteiger partial charge in [-0.25, -0.2) is 17.6 Å². The quantitative estimate of drug-likeness (QED) is 0.511. The Morgan fingerprint density at radius 2 is 1.75 bits per heavy atom. The molecule has 0 aliphatic rings. The van der Waals surface area contributed by atoms with Gasteiger partial charge in [0.25, 0.3) is 5.91 Å². The molecule has 20 heavy (non-hydrogen) atoms. The number of amides is 1. The van der Waals surface area contributed by atoms with Crippen LogP contribution in [0.4, 0.5) is 17.6 Å². The van der Waals surface area contributed by atoms with Crippen LogP contribution in [0.15, 0.2) is 6.07 Å². The van der Waals surface area contributed by atoms with Gasteiger partial charge < -0.3 is 10.4 Å². The van der Waals surface area contributed by atoms with E-state index in [4.69, 9.17) is 0 Å². The molecule has 0 radical (unpaired) electrons. The third-order valence-corrected chi connectivity index (χ3v) is 2.80. The van der Waals surface area contributed by atoms with Crippen LogP contribution >= 0.6 is 0 Å². The van der Waals surface area contributed by atoms with Crippen molar-refractivity contribution in [2.75, 3.05) is 6.54 Å². The lowest BCUT2D eigenvalue weighted by Gasteiger charge is -2.25. The standard InChI is InChI=1S/C13H15F4NO2/c1-13(2,3)8(19)5-18-12(20)6-4-7(14)10(16)11(17)9(6)15/h4,8,19H,5H2,1-3H3,(H,18,20). The van der Waals surface area contributed by atoms with Crippen molar-refractivity contribution in [3.8, 4) is 0 Å². The van der Waals surface area contributed by atoms with Crippen molar-refractivity contribution < 1.29 is 27.5 Å². The molecular weight excluding hydrogens is 278 g/mol. The zero-order valence-corrected chi connectivity index (χ0v) is 11.2. The molecule has 112 valence electrons. The Kier molecular flexibility index (Phi) is 4.75. The van der Waals surface area contributed by atoms with Gasteiger partial charge in [0.1, 0.15) is 0 Å². The van der Waals surface area contributed by atoms with Crippen molar-refractivity contribution in [1.82, 2.24) is 5.32 Å². The number of hydrogen-bond acceptors (Lipinski definition) is 2. The smallest absolute Gasteiger partial charge is 0.254 e. The van der Waals surface area contributed by atoms with E-state index in [0.29, 0.717) is 0 Å². The third kappa shape index (κ3) is 3.47. The first-order valence-corrected chi connectivity index (χ1v) is 5.85. The second kappa shape index (κ2) is 5.78. The highest BCUT2D eigenvalue weighted by Gasteiger charge is 2.25. The number of rotatable bonds is 3. The van der Waals surface area contributed by atoms with Crippen LogP contribution in [0.25, 0.3) is 0 Å². The minimum absolute atomic E-state index is 0.234. The maximum absolute atomic E-state index is 13.3. The summed E-state index contributed by atoms with van der Waals surface area (Å²) in [5.41, 5.74) is -1.49. The van der Waals surface area contributed by atoms with E-state index in [-0.39, 0.29) is 12.6 Å². The Labute approximate surface area is 113 Å². The molecule has 0 saturated heterocycles. The topological polar surface area (TPSA) is 49.3 Å². The SMILES string of the molecule is CC(C)(C)C(O)CNC(=O)c1cc(F)c(F)c(F)c1F. The average molecular weight is 293 g/mol. The van der Waals surface area contributed by atoms with Gasteiger partial charge in [-0.3, -0.25) is 4.79 Å². The fourth-order valence-corrected chi connectivity index (χ4v) is 1.33. The molecule has 1 amide bonds. The zero-order valence-electron chi connectivity index (χ0n) is 11.2. The second-order valence-electron chi connectivity index (χ2n) is 5.44. The minimum Gasteiger partial charge on any atom is -0.391 e. The van der Waals surface area contributed by atoms with Gasteiger partial charge in [-0.2, -0.15) is 0 Å². The van der Waals surface area contributed by atoms with Crippen molar-refractivity contribution in [2.24, 2.45) is 5.41 Å². The van der Waals surface area contributed by atoms with E-state index in [1.165, 1.54) is 0 Å².